The number of halogens is 1. The van der Waals surface area contributed by atoms with Crippen LogP contribution in [0.1, 0.15) is 30.1 Å². The summed E-state index contributed by atoms with van der Waals surface area (Å²) in [6.45, 7) is 3.08. The van der Waals surface area contributed by atoms with E-state index in [2.05, 4.69) is 17.6 Å². The third kappa shape index (κ3) is 4.60. The van der Waals surface area contributed by atoms with Gasteiger partial charge in [-0.2, -0.15) is 0 Å². The van der Waals surface area contributed by atoms with Crippen LogP contribution in [0.4, 0.5) is 15.8 Å². The fourth-order valence-electron chi connectivity index (χ4n) is 1.91. The molecule has 0 bridgehead atoms. The van der Waals surface area contributed by atoms with Crippen molar-refractivity contribution in [3.05, 3.63) is 59.9 Å². The van der Waals surface area contributed by atoms with Gasteiger partial charge in [0.15, 0.2) is 0 Å². The van der Waals surface area contributed by atoms with Gasteiger partial charge in [0.2, 0.25) is 0 Å². The molecule has 21 heavy (non-hydrogen) atoms. The Kier molecular flexibility index (Phi) is 5.32. The van der Waals surface area contributed by atoms with Gasteiger partial charge in [-0.1, -0.05) is 19.4 Å². The van der Waals surface area contributed by atoms with Crippen molar-refractivity contribution in [3.63, 3.8) is 0 Å². The van der Waals surface area contributed by atoms with Gasteiger partial charge in [0, 0.05) is 23.5 Å². The highest BCUT2D eigenvalue weighted by atomic mass is 19.1. The van der Waals surface area contributed by atoms with Gasteiger partial charge in [0.1, 0.15) is 5.82 Å². The van der Waals surface area contributed by atoms with Crippen LogP contribution in [-0.2, 0) is 0 Å². The van der Waals surface area contributed by atoms with Gasteiger partial charge in [-0.05, 0) is 48.9 Å². The minimum absolute atomic E-state index is 0.306. The van der Waals surface area contributed by atoms with Crippen molar-refractivity contribution in [2.75, 3.05) is 17.2 Å². The molecule has 1 amide bonds. The minimum Gasteiger partial charge on any atom is -0.385 e. The quantitative estimate of drug-likeness (QED) is 0.778. The molecular formula is C17H19FN2O. The molecule has 0 saturated heterocycles. The maximum Gasteiger partial charge on any atom is 0.255 e. The molecule has 3 nitrogen and oxygen atoms in total. The smallest absolute Gasteiger partial charge is 0.255 e. The van der Waals surface area contributed by atoms with E-state index in [9.17, 15) is 9.18 Å². The van der Waals surface area contributed by atoms with E-state index in [0.29, 0.717) is 11.3 Å². The second kappa shape index (κ2) is 7.43. The zero-order chi connectivity index (χ0) is 15.1. The van der Waals surface area contributed by atoms with Gasteiger partial charge >= 0.3 is 0 Å². The third-order valence-corrected chi connectivity index (χ3v) is 3.09. The molecule has 0 radical (unpaired) electrons. The number of amides is 1. The second-order valence-electron chi connectivity index (χ2n) is 4.82. The molecule has 2 aromatic rings. The number of carbonyl (C=O) groups excluding carboxylic acids is 1. The lowest BCUT2D eigenvalue weighted by Crippen LogP contribution is -2.12. The molecule has 2 N–H and O–H groups in total. The molecule has 0 atom stereocenters. The average Bonchev–Trinajstić information content (AvgIpc) is 2.49. The van der Waals surface area contributed by atoms with E-state index >= 15 is 0 Å². The Morgan fingerprint density at radius 1 is 1.10 bits per heavy atom. The maximum absolute atomic E-state index is 13.1. The van der Waals surface area contributed by atoms with E-state index in [1.807, 2.05) is 24.3 Å². The summed E-state index contributed by atoms with van der Waals surface area (Å²) in [7, 11) is 0. The molecule has 0 heterocycles. The zero-order valence-corrected chi connectivity index (χ0v) is 12.0. The van der Waals surface area contributed by atoms with E-state index in [1.165, 1.54) is 18.2 Å². The Balaban J connectivity index is 1.95. The second-order valence-corrected chi connectivity index (χ2v) is 4.82. The fourth-order valence-corrected chi connectivity index (χ4v) is 1.91. The van der Waals surface area contributed by atoms with E-state index < -0.39 is 5.82 Å². The highest BCUT2D eigenvalue weighted by Gasteiger charge is 2.06. The summed E-state index contributed by atoms with van der Waals surface area (Å²) < 4.78 is 13.1. The third-order valence-electron chi connectivity index (χ3n) is 3.09. The Hall–Kier alpha value is -2.36. The average molecular weight is 286 g/mol. The Bertz CT molecular complexity index is 596. The molecule has 2 rings (SSSR count). The molecule has 0 aliphatic heterocycles. The first-order chi connectivity index (χ1) is 10.2. The largest absolute Gasteiger partial charge is 0.385 e. The van der Waals surface area contributed by atoms with Gasteiger partial charge in [-0.3, -0.25) is 4.79 Å². The van der Waals surface area contributed by atoms with Gasteiger partial charge in [0.05, 0.1) is 0 Å². The molecule has 0 unspecified atom stereocenters. The van der Waals surface area contributed by atoms with Crippen LogP contribution in [0.15, 0.2) is 48.5 Å². The van der Waals surface area contributed by atoms with Crippen LogP contribution in [0.5, 0.6) is 0 Å². The maximum atomic E-state index is 13.1. The van der Waals surface area contributed by atoms with Crippen molar-refractivity contribution in [2.24, 2.45) is 0 Å². The summed E-state index contributed by atoms with van der Waals surface area (Å²) in [6, 6.07) is 13.1. The molecule has 110 valence electrons. The van der Waals surface area contributed by atoms with E-state index in [-0.39, 0.29) is 5.91 Å². The summed E-state index contributed by atoms with van der Waals surface area (Å²) >= 11 is 0. The Morgan fingerprint density at radius 2 is 1.81 bits per heavy atom. The van der Waals surface area contributed by atoms with Crippen LogP contribution < -0.4 is 10.6 Å². The predicted octanol–water partition coefficient (Wildman–Crippen LogP) is 4.29. The number of carbonyl (C=O) groups is 1. The van der Waals surface area contributed by atoms with E-state index in [4.69, 9.17) is 0 Å². The first-order valence-electron chi connectivity index (χ1n) is 7.10. The monoisotopic (exact) mass is 286 g/mol. The van der Waals surface area contributed by atoms with Crippen molar-refractivity contribution in [3.8, 4) is 0 Å². The molecule has 2 aromatic carbocycles. The van der Waals surface area contributed by atoms with E-state index in [0.717, 1.165) is 25.1 Å². The molecule has 0 spiro atoms. The summed E-state index contributed by atoms with van der Waals surface area (Å²) in [6.07, 6.45) is 2.27. The van der Waals surface area contributed by atoms with E-state index in [1.54, 1.807) is 6.07 Å². The van der Waals surface area contributed by atoms with Crippen molar-refractivity contribution in [1.82, 2.24) is 0 Å². The van der Waals surface area contributed by atoms with Gasteiger partial charge in [0.25, 0.3) is 5.91 Å². The number of rotatable bonds is 6. The number of hydrogen-bond acceptors (Lipinski definition) is 2. The zero-order valence-electron chi connectivity index (χ0n) is 12.0. The molecular weight excluding hydrogens is 267 g/mol. The summed E-state index contributed by atoms with van der Waals surface area (Å²) in [5.41, 5.74) is 2.01. The highest BCUT2D eigenvalue weighted by molar-refractivity contribution is 6.04. The summed E-state index contributed by atoms with van der Waals surface area (Å²) in [5, 5.41) is 6.05. The number of benzene rings is 2. The SMILES string of the molecule is CCCCNc1ccc(NC(=O)c2cccc(F)c2)cc1. The normalized spacial score (nSPS) is 10.2. The topological polar surface area (TPSA) is 41.1 Å². The van der Waals surface area contributed by atoms with Crippen molar-refractivity contribution in [2.45, 2.75) is 19.8 Å². The Labute approximate surface area is 124 Å². The Morgan fingerprint density at radius 3 is 2.48 bits per heavy atom. The van der Waals surface area contributed by atoms with Crippen LogP contribution in [0.2, 0.25) is 0 Å². The number of anilines is 2. The summed E-state index contributed by atoms with van der Waals surface area (Å²) in [5.74, 6) is -0.737. The van der Waals surface area contributed by atoms with Crippen LogP contribution in [0, 0.1) is 5.82 Å². The number of nitrogens with one attached hydrogen (secondary N) is 2. The molecule has 4 heteroatoms. The molecule has 0 aromatic heterocycles. The van der Waals surface area contributed by atoms with Crippen LogP contribution in [-0.4, -0.2) is 12.5 Å². The van der Waals surface area contributed by atoms with Crippen molar-refractivity contribution >= 4 is 17.3 Å². The number of unbranched alkanes of at least 4 members (excludes halogenated alkanes) is 1. The molecule has 0 saturated carbocycles. The van der Waals surface area contributed by atoms with Gasteiger partial charge < -0.3 is 10.6 Å². The highest BCUT2D eigenvalue weighted by Crippen LogP contribution is 2.15. The lowest BCUT2D eigenvalue weighted by Gasteiger charge is -2.08. The fraction of sp³-hybridized carbons (Fsp3) is 0.235. The first kappa shape index (κ1) is 15.0. The predicted molar refractivity (Wildman–Crippen MR) is 84.2 cm³/mol. The summed E-state index contributed by atoms with van der Waals surface area (Å²) in [4.78, 5) is 12.0. The van der Waals surface area contributed by atoms with Crippen LogP contribution >= 0.6 is 0 Å². The molecule has 0 aliphatic carbocycles. The lowest BCUT2D eigenvalue weighted by molar-refractivity contribution is 0.102. The molecule has 0 fully saturated rings. The van der Waals surface area contributed by atoms with Crippen LogP contribution in [0.3, 0.4) is 0 Å². The first-order valence-corrected chi connectivity index (χ1v) is 7.10. The standard InChI is InChI=1S/C17H19FN2O/c1-2-3-11-19-15-7-9-16(10-8-15)20-17(21)13-5-4-6-14(18)12-13/h4-10,12,19H,2-3,11H2,1H3,(H,20,21). The van der Waals surface area contributed by atoms with Gasteiger partial charge in [-0.25, -0.2) is 4.39 Å². The number of hydrogen-bond donors (Lipinski definition) is 2. The minimum atomic E-state index is -0.418. The lowest BCUT2D eigenvalue weighted by atomic mass is 10.2. The van der Waals surface area contributed by atoms with Crippen LogP contribution in [0.25, 0.3) is 0 Å². The van der Waals surface area contributed by atoms with Crippen molar-refractivity contribution < 1.29 is 9.18 Å². The molecule has 0 aliphatic rings. The van der Waals surface area contributed by atoms with Gasteiger partial charge in [-0.15, -0.1) is 0 Å². The van der Waals surface area contributed by atoms with Crippen molar-refractivity contribution in [1.29, 1.82) is 0 Å².